The molecule has 2 aliphatic rings. The fourth-order valence-corrected chi connectivity index (χ4v) is 2.26. The van der Waals surface area contributed by atoms with Crippen molar-refractivity contribution in [2.75, 3.05) is 26.9 Å². The summed E-state index contributed by atoms with van der Waals surface area (Å²) in [5.74, 6) is 0. The highest BCUT2D eigenvalue weighted by atomic mass is 16.5. The molecular weight excluding hydrogens is 178 g/mol. The highest BCUT2D eigenvalue weighted by Gasteiger charge is 2.37. The minimum absolute atomic E-state index is 0.165. The van der Waals surface area contributed by atoms with Crippen LogP contribution in [0, 0.1) is 0 Å². The molecule has 1 heterocycles. The van der Waals surface area contributed by atoms with Crippen molar-refractivity contribution in [2.45, 2.75) is 43.7 Å². The minimum atomic E-state index is 0.165. The molecule has 14 heavy (non-hydrogen) atoms. The van der Waals surface area contributed by atoms with E-state index in [0.29, 0.717) is 6.04 Å². The molecule has 1 saturated heterocycles. The van der Waals surface area contributed by atoms with Gasteiger partial charge < -0.3 is 14.8 Å². The van der Waals surface area contributed by atoms with Gasteiger partial charge in [-0.3, -0.25) is 0 Å². The molecule has 0 radical (unpaired) electrons. The van der Waals surface area contributed by atoms with Crippen molar-refractivity contribution in [1.29, 1.82) is 0 Å². The molecule has 1 N–H and O–H groups in total. The van der Waals surface area contributed by atoms with Crippen molar-refractivity contribution < 1.29 is 9.47 Å². The van der Waals surface area contributed by atoms with Crippen LogP contribution in [0.15, 0.2) is 0 Å². The molecule has 0 spiro atoms. The van der Waals surface area contributed by atoms with Gasteiger partial charge in [0.1, 0.15) is 0 Å². The van der Waals surface area contributed by atoms with Crippen molar-refractivity contribution >= 4 is 0 Å². The molecule has 3 nitrogen and oxygen atoms in total. The summed E-state index contributed by atoms with van der Waals surface area (Å²) in [5, 5.41) is 3.61. The number of rotatable bonds is 4. The van der Waals surface area contributed by atoms with E-state index in [1.54, 1.807) is 0 Å². The monoisotopic (exact) mass is 199 g/mol. The Balaban J connectivity index is 1.69. The van der Waals surface area contributed by atoms with Gasteiger partial charge in [-0.1, -0.05) is 0 Å². The van der Waals surface area contributed by atoms with Crippen LogP contribution < -0.4 is 5.32 Å². The number of hydrogen-bond donors (Lipinski definition) is 1. The lowest BCUT2D eigenvalue weighted by molar-refractivity contribution is -0.0727. The quantitative estimate of drug-likeness (QED) is 0.741. The van der Waals surface area contributed by atoms with E-state index < -0.39 is 0 Å². The van der Waals surface area contributed by atoms with Gasteiger partial charge in [0.05, 0.1) is 5.60 Å². The van der Waals surface area contributed by atoms with Crippen LogP contribution in [-0.2, 0) is 9.47 Å². The fraction of sp³-hybridized carbons (Fsp3) is 1.00. The van der Waals surface area contributed by atoms with E-state index in [-0.39, 0.29) is 5.60 Å². The number of methoxy groups -OCH3 is 1. The summed E-state index contributed by atoms with van der Waals surface area (Å²) in [6, 6.07) is 0.649. The van der Waals surface area contributed by atoms with E-state index >= 15 is 0 Å². The Morgan fingerprint density at radius 3 is 2.57 bits per heavy atom. The highest BCUT2D eigenvalue weighted by molar-refractivity contribution is 4.92. The first kappa shape index (κ1) is 10.4. The zero-order valence-corrected chi connectivity index (χ0v) is 9.05. The largest absolute Gasteiger partial charge is 0.381 e. The van der Waals surface area contributed by atoms with E-state index in [9.17, 15) is 0 Å². The van der Waals surface area contributed by atoms with Crippen molar-refractivity contribution in [3.05, 3.63) is 0 Å². The van der Waals surface area contributed by atoms with Crippen LogP contribution in [0.1, 0.15) is 32.1 Å². The highest BCUT2D eigenvalue weighted by Crippen LogP contribution is 2.34. The molecule has 0 bridgehead atoms. The first-order chi connectivity index (χ1) is 6.85. The Morgan fingerprint density at radius 2 is 2.07 bits per heavy atom. The second-order valence-electron chi connectivity index (χ2n) is 4.51. The lowest BCUT2D eigenvalue weighted by Crippen LogP contribution is -2.51. The molecule has 1 aliphatic carbocycles. The summed E-state index contributed by atoms with van der Waals surface area (Å²) < 4.78 is 10.9. The maximum atomic E-state index is 5.57. The Hall–Kier alpha value is -0.120. The van der Waals surface area contributed by atoms with Gasteiger partial charge in [-0.25, -0.2) is 0 Å². The van der Waals surface area contributed by atoms with Gasteiger partial charge in [0.2, 0.25) is 0 Å². The molecular formula is C11H21NO2. The Morgan fingerprint density at radius 1 is 1.36 bits per heavy atom. The number of ether oxygens (including phenoxy) is 2. The van der Waals surface area contributed by atoms with Crippen LogP contribution in [0.25, 0.3) is 0 Å². The zero-order chi connectivity index (χ0) is 9.86. The van der Waals surface area contributed by atoms with Gasteiger partial charge in [-0.15, -0.1) is 0 Å². The third-order valence-corrected chi connectivity index (χ3v) is 3.63. The molecule has 1 saturated carbocycles. The Bertz CT molecular complexity index is 169. The van der Waals surface area contributed by atoms with Crippen LogP contribution in [0.3, 0.4) is 0 Å². The standard InChI is InChI=1S/C11H21NO2/c1-13-11(5-2-6-11)9-12-10-3-7-14-8-4-10/h10,12H,2-9H2,1H3. The summed E-state index contributed by atoms with van der Waals surface area (Å²) in [7, 11) is 1.84. The summed E-state index contributed by atoms with van der Waals surface area (Å²) in [4.78, 5) is 0. The second-order valence-corrected chi connectivity index (χ2v) is 4.51. The van der Waals surface area contributed by atoms with Gasteiger partial charge >= 0.3 is 0 Å². The predicted molar refractivity (Wildman–Crippen MR) is 55.4 cm³/mol. The first-order valence-electron chi connectivity index (χ1n) is 5.71. The Kier molecular flexibility index (Phi) is 3.42. The lowest BCUT2D eigenvalue weighted by atomic mass is 9.79. The van der Waals surface area contributed by atoms with Crippen LogP contribution in [0.4, 0.5) is 0 Å². The minimum Gasteiger partial charge on any atom is -0.381 e. The molecule has 1 aliphatic heterocycles. The number of hydrogen-bond acceptors (Lipinski definition) is 3. The van der Waals surface area contributed by atoms with Gasteiger partial charge in [0.25, 0.3) is 0 Å². The normalized spacial score (nSPS) is 27.2. The molecule has 0 unspecified atom stereocenters. The molecule has 0 aromatic carbocycles. The fourth-order valence-electron chi connectivity index (χ4n) is 2.26. The molecule has 0 aromatic heterocycles. The average molecular weight is 199 g/mol. The number of nitrogens with one attached hydrogen (secondary N) is 1. The van der Waals surface area contributed by atoms with Crippen molar-refractivity contribution in [3.63, 3.8) is 0 Å². The SMILES string of the molecule is COC1(CNC2CCOCC2)CCC1. The van der Waals surface area contributed by atoms with Gasteiger partial charge in [0, 0.05) is 32.9 Å². The van der Waals surface area contributed by atoms with E-state index in [4.69, 9.17) is 9.47 Å². The average Bonchev–Trinajstić information content (AvgIpc) is 2.19. The summed E-state index contributed by atoms with van der Waals surface area (Å²) in [6.07, 6.45) is 6.07. The second kappa shape index (κ2) is 4.60. The molecule has 0 atom stereocenters. The van der Waals surface area contributed by atoms with Crippen molar-refractivity contribution in [3.8, 4) is 0 Å². The van der Waals surface area contributed by atoms with Crippen LogP contribution in [-0.4, -0.2) is 38.5 Å². The van der Waals surface area contributed by atoms with E-state index in [1.165, 1.54) is 19.3 Å². The van der Waals surface area contributed by atoms with Gasteiger partial charge in [-0.05, 0) is 32.1 Å². The maximum absolute atomic E-state index is 5.57. The van der Waals surface area contributed by atoms with E-state index in [0.717, 1.165) is 32.6 Å². The Labute approximate surface area is 86.2 Å². The van der Waals surface area contributed by atoms with Crippen molar-refractivity contribution in [2.24, 2.45) is 0 Å². The molecule has 3 heteroatoms. The van der Waals surface area contributed by atoms with Crippen LogP contribution >= 0.6 is 0 Å². The molecule has 82 valence electrons. The third-order valence-electron chi connectivity index (χ3n) is 3.63. The summed E-state index contributed by atoms with van der Waals surface area (Å²) in [5.41, 5.74) is 0.165. The van der Waals surface area contributed by atoms with E-state index in [1.807, 2.05) is 7.11 Å². The molecule has 0 amide bonds. The van der Waals surface area contributed by atoms with Crippen LogP contribution in [0.2, 0.25) is 0 Å². The first-order valence-corrected chi connectivity index (χ1v) is 5.71. The predicted octanol–water partition coefficient (Wildman–Crippen LogP) is 1.32. The van der Waals surface area contributed by atoms with E-state index in [2.05, 4.69) is 5.32 Å². The summed E-state index contributed by atoms with van der Waals surface area (Å²) in [6.45, 7) is 2.85. The van der Waals surface area contributed by atoms with Crippen molar-refractivity contribution in [1.82, 2.24) is 5.32 Å². The van der Waals surface area contributed by atoms with Crippen LogP contribution in [0.5, 0.6) is 0 Å². The lowest BCUT2D eigenvalue weighted by Gasteiger charge is -2.42. The summed E-state index contributed by atoms with van der Waals surface area (Å²) >= 11 is 0. The zero-order valence-electron chi connectivity index (χ0n) is 9.05. The topological polar surface area (TPSA) is 30.5 Å². The maximum Gasteiger partial charge on any atom is 0.0802 e. The third kappa shape index (κ3) is 2.27. The smallest absolute Gasteiger partial charge is 0.0802 e. The van der Waals surface area contributed by atoms with Gasteiger partial charge in [0.15, 0.2) is 0 Å². The molecule has 2 rings (SSSR count). The molecule has 2 fully saturated rings. The van der Waals surface area contributed by atoms with Gasteiger partial charge in [-0.2, -0.15) is 0 Å². The molecule has 0 aromatic rings.